The van der Waals surface area contributed by atoms with Gasteiger partial charge in [-0.2, -0.15) is 0 Å². The summed E-state index contributed by atoms with van der Waals surface area (Å²) in [7, 11) is 0. The Kier molecular flexibility index (Phi) is 3.95. The van der Waals surface area contributed by atoms with Crippen LogP contribution < -0.4 is 5.32 Å². The average Bonchev–Trinajstić information content (AvgIpc) is 3.15. The Labute approximate surface area is 140 Å². The fourth-order valence-corrected chi connectivity index (χ4v) is 4.15. The van der Waals surface area contributed by atoms with Crippen LogP contribution in [-0.2, 0) is 13.1 Å². The number of carbonyl (C=O) groups is 1. The van der Waals surface area contributed by atoms with Gasteiger partial charge >= 0.3 is 0 Å². The van der Waals surface area contributed by atoms with Gasteiger partial charge in [0.05, 0.1) is 12.6 Å². The summed E-state index contributed by atoms with van der Waals surface area (Å²) in [6, 6.07) is 5.04. The molecule has 23 heavy (non-hydrogen) atoms. The molecule has 0 bridgehead atoms. The number of carbonyl (C=O) groups excluding carboxylic acids is 1. The van der Waals surface area contributed by atoms with Gasteiger partial charge in [0.25, 0.3) is 5.91 Å². The first-order valence-electron chi connectivity index (χ1n) is 8.36. The van der Waals surface area contributed by atoms with Gasteiger partial charge < -0.3 is 9.88 Å². The molecule has 3 heterocycles. The Morgan fingerprint density at radius 2 is 2.30 bits per heavy atom. The first-order valence-corrected chi connectivity index (χ1v) is 9.24. The highest BCUT2D eigenvalue weighted by Crippen LogP contribution is 2.34. The van der Waals surface area contributed by atoms with Gasteiger partial charge in [-0.3, -0.25) is 9.69 Å². The predicted molar refractivity (Wildman–Crippen MR) is 90.5 cm³/mol. The van der Waals surface area contributed by atoms with Gasteiger partial charge in [-0.1, -0.05) is 12.5 Å². The third-order valence-corrected chi connectivity index (χ3v) is 5.93. The molecule has 5 nitrogen and oxygen atoms in total. The van der Waals surface area contributed by atoms with E-state index in [1.165, 1.54) is 19.3 Å². The van der Waals surface area contributed by atoms with Crippen molar-refractivity contribution >= 4 is 17.2 Å². The Morgan fingerprint density at radius 3 is 3.00 bits per heavy atom. The van der Waals surface area contributed by atoms with Gasteiger partial charge in [0.1, 0.15) is 11.5 Å². The van der Waals surface area contributed by atoms with Crippen molar-refractivity contribution in [3.63, 3.8) is 0 Å². The molecule has 2 aromatic rings. The van der Waals surface area contributed by atoms with Crippen LogP contribution in [0.4, 0.5) is 0 Å². The standard InChI is InChI=1S/C17H22N4OS/c1-12-16-19-15(17(22)18-10-14-6-3-9-23-14)11-20(16)7-8-21(12)13-4-2-5-13/h3,6,9,11-13H,2,4-5,7-8,10H2,1H3,(H,18,22)/t12-/m0/s1. The molecule has 0 unspecified atom stereocenters. The van der Waals surface area contributed by atoms with Crippen molar-refractivity contribution in [1.29, 1.82) is 0 Å². The van der Waals surface area contributed by atoms with E-state index in [9.17, 15) is 4.79 Å². The Hall–Kier alpha value is -1.66. The molecule has 0 saturated heterocycles. The maximum Gasteiger partial charge on any atom is 0.271 e. The SMILES string of the molecule is C[C@H]1c2nc(C(=O)NCc3cccs3)cn2CCN1C1CCC1. The Bertz CT molecular complexity index is 690. The lowest BCUT2D eigenvalue weighted by Gasteiger charge is -2.43. The summed E-state index contributed by atoms with van der Waals surface area (Å²) in [4.78, 5) is 20.7. The van der Waals surface area contributed by atoms with E-state index in [0.717, 1.165) is 23.8 Å². The molecule has 0 radical (unpaired) electrons. The minimum absolute atomic E-state index is 0.0808. The molecule has 2 aliphatic rings. The molecule has 1 saturated carbocycles. The number of rotatable bonds is 4. The number of aromatic nitrogens is 2. The third kappa shape index (κ3) is 2.81. The van der Waals surface area contributed by atoms with Crippen LogP contribution >= 0.6 is 11.3 Å². The minimum atomic E-state index is -0.0808. The van der Waals surface area contributed by atoms with E-state index in [1.807, 2.05) is 23.7 Å². The van der Waals surface area contributed by atoms with Gasteiger partial charge in [0, 0.05) is 30.2 Å². The van der Waals surface area contributed by atoms with Crippen molar-refractivity contribution in [1.82, 2.24) is 19.8 Å². The van der Waals surface area contributed by atoms with Crippen molar-refractivity contribution in [2.75, 3.05) is 6.54 Å². The molecule has 4 rings (SSSR count). The zero-order valence-electron chi connectivity index (χ0n) is 13.4. The fraction of sp³-hybridized carbons (Fsp3) is 0.529. The van der Waals surface area contributed by atoms with E-state index in [2.05, 4.69) is 26.7 Å². The number of thiophene rings is 1. The van der Waals surface area contributed by atoms with Crippen LogP contribution in [0.3, 0.4) is 0 Å². The van der Waals surface area contributed by atoms with Crippen molar-refractivity contribution in [3.8, 4) is 0 Å². The smallest absolute Gasteiger partial charge is 0.271 e. The van der Waals surface area contributed by atoms with Gasteiger partial charge in [0.15, 0.2) is 0 Å². The number of nitrogens with zero attached hydrogens (tertiary/aromatic N) is 3. The highest BCUT2D eigenvalue weighted by molar-refractivity contribution is 7.09. The summed E-state index contributed by atoms with van der Waals surface area (Å²) in [6.07, 6.45) is 5.87. The van der Waals surface area contributed by atoms with Gasteiger partial charge in [0.2, 0.25) is 0 Å². The van der Waals surface area contributed by atoms with E-state index in [1.54, 1.807) is 11.3 Å². The second-order valence-electron chi connectivity index (χ2n) is 6.44. The molecular weight excluding hydrogens is 308 g/mol. The number of imidazole rings is 1. The first kappa shape index (κ1) is 14.9. The summed E-state index contributed by atoms with van der Waals surface area (Å²) in [5.74, 6) is 0.951. The van der Waals surface area contributed by atoms with E-state index in [0.29, 0.717) is 24.3 Å². The van der Waals surface area contributed by atoms with Crippen LogP contribution in [0.1, 0.15) is 53.4 Å². The Balaban J connectivity index is 1.46. The normalized spacial score (nSPS) is 21.7. The topological polar surface area (TPSA) is 50.2 Å². The predicted octanol–water partition coefficient (Wildman–Crippen LogP) is 2.80. The lowest BCUT2D eigenvalue weighted by atomic mass is 9.90. The van der Waals surface area contributed by atoms with Crippen LogP contribution in [0.25, 0.3) is 0 Å². The van der Waals surface area contributed by atoms with Crippen molar-refractivity contribution in [2.24, 2.45) is 0 Å². The van der Waals surface area contributed by atoms with E-state index in [-0.39, 0.29) is 5.91 Å². The van der Waals surface area contributed by atoms with Crippen LogP contribution in [0.15, 0.2) is 23.7 Å². The third-order valence-electron chi connectivity index (χ3n) is 5.06. The van der Waals surface area contributed by atoms with E-state index >= 15 is 0 Å². The molecule has 1 aliphatic carbocycles. The summed E-state index contributed by atoms with van der Waals surface area (Å²) in [6.45, 7) is 4.78. The molecule has 0 aromatic carbocycles. The number of fused-ring (bicyclic) bond motifs is 1. The van der Waals surface area contributed by atoms with Crippen LogP contribution in [-0.4, -0.2) is 32.9 Å². The molecule has 1 fully saturated rings. The monoisotopic (exact) mass is 330 g/mol. The quantitative estimate of drug-likeness (QED) is 0.938. The zero-order valence-corrected chi connectivity index (χ0v) is 14.2. The van der Waals surface area contributed by atoms with E-state index in [4.69, 9.17) is 0 Å². The number of amides is 1. The molecule has 122 valence electrons. The number of hydrogen-bond donors (Lipinski definition) is 1. The molecule has 1 N–H and O–H groups in total. The second-order valence-corrected chi connectivity index (χ2v) is 7.47. The highest BCUT2D eigenvalue weighted by Gasteiger charge is 2.34. The Morgan fingerprint density at radius 1 is 1.43 bits per heavy atom. The lowest BCUT2D eigenvalue weighted by Crippen LogP contribution is -2.46. The number of nitrogens with one attached hydrogen (secondary N) is 1. The average molecular weight is 330 g/mol. The van der Waals surface area contributed by atoms with Gasteiger partial charge in [-0.25, -0.2) is 4.98 Å². The summed E-state index contributed by atoms with van der Waals surface area (Å²) in [5.41, 5.74) is 0.541. The van der Waals surface area contributed by atoms with Crippen LogP contribution in [0.2, 0.25) is 0 Å². The second kappa shape index (κ2) is 6.09. The van der Waals surface area contributed by atoms with E-state index < -0.39 is 0 Å². The van der Waals surface area contributed by atoms with Crippen LogP contribution in [0, 0.1) is 0 Å². The van der Waals surface area contributed by atoms with Crippen molar-refractivity contribution in [2.45, 2.75) is 51.4 Å². The molecule has 1 atom stereocenters. The zero-order chi connectivity index (χ0) is 15.8. The molecular formula is C17H22N4OS. The summed E-state index contributed by atoms with van der Waals surface area (Å²) in [5, 5.41) is 4.99. The maximum atomic E-state index is 12.4. The minimum Gasteiger partial charge on any atom is -0.346 e. The first-order chi connectivity index (χ1) is 11.2. The van der Waals surface area contributed by atoms with Gasteiger partial charge in [-0.15, -0.1) is 11.3 Å². The molecule has 0 spiro atoms. The van der Waals surface area contributed by atoms with Crippen molar-refractivity contribution < 1.29 is 4.79 Å². The molecule has 1 aliphatic heterocycles. The summed E-state index contributed by atoms with van der Waals surface area (Å²) < 4.78 is 2.15. The fourth-order valence-electron chi connectivity index (χ4n) is 3.51. The van der Waals surface area contributed by atoms with Crippen molar-refractivity contribution in [3.05, 3.63) is 40.1 Å². The molecule has 1 amide bonds. The maximum absolute atomic E-state index is 12.4. The van der Waals surface area contributed by atoms with Gasteiger partial charge in [-0.05, 0) is 31.2 Å². The highest BCUT2D eigenvalue weighted by atomic mass is 32.1. The molecule has 6 heteroatoms. The molecule has 2 aromatic heterocycles. The lowest BCUT2D eigenvalue weighted by molar-refractivity contribution is 0.0614. The van der Waals surface area contributed by atoms with Crippen LogP contribution in [0.5, 0.6) is 0 Å². The summed E-state index contributed by atoms with van der Waals surface area (Å²) >= 11 is 1.65. The largest absolute Gasteiger partial charge is 0.346 e. The number of hydrogen-bond acceptors (Lipinski definition) is 4.